The number of allylic oxidation sites excluding steroid dienone is 1. The quantitative estimate of drug-likeness (QED) is 0.707. The van der Waals surface area contributed by atoms with Crippen molar-refractivity contribution in [1.82, 2.24) is 0 Å². The van der Waals surface area contributed by atoms with Crippen LogP contribution in [0, 0.1) is 0 Å². The molecular formula is C11H12O2S. The molecule has 74 valence electrons. The van der Waals surface area contributed by atoms with Gasteiger partial charge in [-0.05, 0) is 30.0 Å². The van der Waals surface area contributed by atoms with Gasteiger partial charge in [0.25, 0.3) is 0 Å². The Hall–Kier alpha value is -1.09. The lowest BCUT2D eigenvalue weighted by atomic mass is 9.98. The van der Waals surface area contributed by atoms with Crippen molar-refractivity contribution >= 4 is 15.9 Å². The van der Waals surface area contributed by atoms with E-state index in [2.05, 4.69) is 0 Å². The van der Waals surface area contributed by atoms with Crippen molar-refractivity contribution in [2.24, 2.45) is 0 Å². The standard InChI is InChI=1S/C11H12O2S/c1-14(12,13)11-7-6-9-4-2-3-5-10(9)8-11/h2-5,8H,6-7H2,1H3. The van der Waals surface area contributed by atoms with E-state index in [0.717, 1.165) is 12.0 Å². The van der Waals surface area contributed by atoms with Crippen LogP contribution in [0.2, 0.25) is 0 Å². The Morgan fingerprint density at radius 1 is 1.14 bits per heavy atom. The minimum Gasteiger partial charge on any atom is -0.224 e. The summed E-state index contributed by atoms with van der Waals surface area (Å²) in [5.41, 5.74) is 2.28. The molecular weight excluding hydrogens is 196 g/mol. The summed E-state index contributed by atoms with van der Waals surface area (Å²) in [5, 5.41) is 0. The average Bonchev–Trinajstić information content (AvgIpc) is 2.16. The van der Waals surface area contributed by atoms with Crippen molar-refractivity contribution in [3.05, 3.63) is 40.3 Å². The maximum Gasteiger partial charge on any atom is 0.171 e. The molecule has 0 heterocycles. The zero-order valence-electron chi connectivity index (χ0n) is 8.03. The van der Waals surface area contributed by atoms with Gasteiger partial charge in [-0.1, -0.05) is 24.3 Å². The van der Waals surface area contributed by atoms with Gasteiger partial charge in [-0.3, -0.25) is 0 Å². The van der Waals surface area contributed by atoms with Gasteiger partial charge in [-0.15, -0.1) is 0 Å². The molecule has 1 aliphatic rings. The highest BCUT2D eigenvalue weighted by Gasteiger charge is 2.16. The van der Waals surface area contributed by atoms with E-state index in [-0.39, 0.29) is 0 Å². The maximum atomic E-state index is 11.3. The van der Waals surface area contributed by atoms with Crippen LogP contribution < -0.4 is 0 Å². The molecule has 0 saturated heterocycles. The molecule has 0 radical (unpaired) electrons. The van der Waals surface area contributed by atoms with Crippen LogP contribution in [0.25, 0.3) is 6.08 Å². The summed E-state index contributed by atoms with van der Waals surface area (Å²) in [4.78, 5) is 0.552. The predicted molar refractivity (Wildman–Crippen MR) is 57.6 cm³/mol. The van der Waals surface area contributed by atoms with Gasteiger partial charge in [0.05, 0.1) is 0 Å². The maximum absolute atomic E-state index is 11.3. The lowest BCUT2D eigenvalue weighted by Gasteiger charge is -2.14. The molecule has 14 heavy (non-hydrogen) atoms. The summed E-state index contributed by atoms with van der Waals surface area (Å²) in [6, 6.07) is 7.92. The highest BCUT2D eigenvalue weighted by Crippen LogP contribution is 2.26. The lowest BCUT2D eigenvalue weighted by molar-refractivity contribution is 0.605. The molecule has 1 aromatic carbocycles. The first-order valence-electron chi connectivity index (χ1n) is 4.56. The minimum atomic E-state index is -3.01. The Kier molecular flexibility index (Phi) is 2.19. The van der Waals surface area contributed by atoms with Gasteiger partial charge < -0.3 is 0 Å². The zero-order valence-corrected chi connectivity index (χ0v) is 8.84. The highest BCUT2D eigenvalue weighted by atomic mass is 32.2. The van der Waals surface area contributed by atoms with Crippen LogP contribution in [0.1, 0.15) is 17.5 Å². The van der Waals surface area contributed by atoms with Crippen LogP contribution in [0.5, 0.6) is 0 Å². The molecule has 0 amide bonds. The van der Waals surface area contributed by atoms with E-state index in [9.17, 15) is 8.42 Å². The summed E-state index contributed by atoms with van der Waals surface area (Å²) in [6.07, 6.45) is 4.52. The first kappa shape index (κ1) is 9.46. The molecule has 0 spiro atoms. The summed E-state index contributed by atoms with van der Waals surface area (Å²) in [6.45, 7) is 0. The normalized spacial score (nSPS) is 15.9. The second-order valence-electron chi connectivity index (χ2n) is 3.58. The van der Waals surface area contributed by atoms with Gasteiger partial charge in [0.15, 0.2) is 9.84 Å². The number of fused-ring (bicyclic) bond motifs is 1. The molecule has 3 heteroatoms. The van der Waals surface area contributed by atoms with E-state index in [1.54, 1.807) is 6.08 Å². The first-order chi connectivity index (χ1) is 6.57. The van der Waals surface area contributed by atoms with Crippen LogP contribution in [-0.4, -0.2) is 14.7 Å². The molecule has 1 aliphatic carbocycles. The van der Waals surface area contributed by atoms with Gasteiger partial charge in [0.2, 0.25) is 0 Å². The Balaban J connectivity index is 2.51. The molecule has 0 aromatic heterocycles. The fourth-order valence-corrected chi connectivity index (χ4v) is 2.51. The van der Waals surface area contributed by atoms with Crippen LogP contribution in [-0.2, 0) is 16.3 Å². The third-order valence-electron chi connectivity index (χ3n) is 2.49. The Labute approximate surface area is 84.2 Å². The molecule has 2 nitrogen and oxygen atoms in total. The zero-order chi connectivity index (χ0) is 10.2. The average molecular weight is 208 g/mol. The number of rotatable bonds is 1. The smallest absolute Gasteiger partial charge is 0.171 e. The van der Waals surface area contributed by atoms with E-state index in [4.69, 9.17) is 0 Å². The number of benzene rings is 1. The van der Waals surface area contributed by atoms with Crippen molar-refractivity contribution in [3.8, 4) is 0 Å². The Morgan fingerprint density at radius 2 is 1.86 bits per heavy atom. The number of sulfone groups is 1. The van der Waals surface area contributed by atoms with Crippen molar-refractivity contribution in [1.29, 1.82) is 0 Å². The fraction of sp³-hybridized carbons (Fsp3) is 0.273. The largest absolute Gasteiger partial charge is 0.224 e. The predicted octanol–water partition coefficient (Wildman–Crippen LogP) is 2.02. The van der Waals surface area contributed by atoms with Crippen molar-refractivity contribution in [3.63, 3.8) is 0 Å². The molecule has 0 N–H and O–H groups in total. The lowest BCUT2D eigenvalue weighted by Crippen LogP contribution is -2.07. The number of hydrogen-bond acceptors (Lipinski definition) is 2. The molecule has 0 atom stereocenters. The van der Waals surface area contributed by atoms with E-state index in [1.165, 1.54) is 11.8 Å². The fourth-order valence-electron chi connectivity index (χ4n) is 1.70. The first-order valence-corrected chi connectivity index (χ1v) is 6.45. The van der Waals surface area contributed by atoms with Crippen molar-refractivity contribution < 1.29 is 8.42 Å². The van der Waals surface area contributed by atoms with Gasteiger partial charge in [-0.25, -0.2) is 8.42 Å². The molecule has 0 aliphatic heterocycles. The highest BCUT2D eigenvalue weighted by molar-refractivity contribution is 7.94. The van der Waals surface area contributed by atoms with Gasteiger partial charge in [-0.2, -0.15) is 0 Å². The monoisotopic (exact) mass is 208 g/mol. The molecule has 0 saturated carbocycles. The van der Waals surface area contributed by atoms with E-state index < -0.39 is 9.84 Å². The van der Waals surface area contributed by atoms with E-state index in [0.29, 0.717) is 11.3 Å². The van der Waals surface area contributed by atoms with Crippen molar-refractivity contribution in [2.75, 3.05) is 6.26 Å². The summed E-state index contributed by atoms with van der Waals surface area (Å²) in [7, 11) is -3.01. The summed E-state index contributed by atoms with van der Waals surface area (Å²) >= 11 is 0. The number of aryl methyl sites for hydroxylation is 1. The third-order valence-corrected chi connectivity index (χ3v) is 3.76. The molecule has 0 fully saturated rings. The van der Waals surface area contributed by atoms with E-state index >= 15 is 0 Å². The van der Waals surface area contributed by atoms with Crippen molar-refractivity contribution in [2.45, 2.75) is 12.8 Å². The third kappa shape index (κ3) is 1.73. The Morgan fingerprint density at radius 3 is 2.57 bits per heavy atom. The van der Waals surface area contributed by atoms with Crippen LogP contribution in [0.4, 0.5) is 0 Å². The SMILES string of the molecule is CS(=O)(=O)C1=Cc2ccccc2CC1. The second-order valence-corrected chi connectivity index (χ2v) is 5.65. The van der Waals surface area contributed by atoms with Crippen LogP contribution in [0.3, 0.4) is 0 Å². The molecule has 0 unspecified atom stereocenters. The second kappa shape index (κ2) is 3.24. The summed E-state index contributed by atoms with van der Waals surface area (Å²) in [5.74, 6) is 0. The molecule has 1 aromatic rings. The molecule has 0 bridgehead atoms. The Bertz CT molecular complexity index is 484. The number of hydrogen-bond donors (Lipinski definition) is 0. The van der Waals surface area contributed by atoms with Gasteiger partial charge in [0, 0.05) is 11.2 Å². The van der Waals surface area contributed by atoms with E-state index in [1.807, 2.05) is 24.3 Å². The minimum absolute atomic E-state index is 0.552. The van der Waals surface area contributed by atoms with Crippen LogP contribution in [0.15, 0.2) is 29.2 Å². The van der Waals surface area contributed by atoms with Crippen LogP contribution >= 0.6 is 0 Å². The molecule has 2 rings (SSSR count). The summed E-state index contributed by atoms with van der Waals surface area (Å²) < 4.78 is 22.7. The topological polar surface area (TPSA) is 34.1 Å². The van der Waals surface area contributed by atoms with Gasteiger partial charge >= 0.3 is 0 Å². The van der Waals surface area contributed by atoms with Gasteiger partial charge in [0.1, 0.15) is 0 Å².